The van der Waals surface area contributed by atoms with Crippen molar-refractivity contribution in [3.05, 3.63) is 63.7 Å². The van der Waals surface area contributed by atoms with Crippen LogP contribution < -0.4 is 10.5 Å². The van der Waals surface area contributed by atoms with Gasteiger partial charge >= 0.3 is 0 Å². The molecule has 3 N–H and O–H groups in total. The summed E-state index contributed by atoms with van der Waals surface area (Å²) < 4.78 is 5.77. The molecule has 20 heavy (non-hydrogen) atoms. The van der Waals surface area contributed by atoms with Gasteiger partial charge < -0.3 is 10.5 Å². The van der Waals surface area contributed by atoms with Crippen molar-refractivity contribution in [3.8, 4) is 5.75 Å². The zero-order valence-electron chi connectivity index (χ0n) is 11.5. The first kappa shape index (κ1) is 14.4. The Labute approximate surface area is 123 Å². The Bertz CT molecular complexity index is 633. The van der Waals surface area contributed by atoms with Crippen LogP contribution in [0.1, 0.15) is 22.3 Å². The highest BCUT2D eigenvalue weighted by Crippen LogP contribution is 2.24. The number of rotatable bonds is 4. The number of nitrogens with one attached hydrogen (secondary N) is 1. The van der Waals surface area contributed by atoms with Gasteiger partial charge in [-0.05, 0) is 48.7 Å². The van der Waals surface area contributed by atoms with Gasteiger partial charge in [-0.3, -0.25) is 5.41 Å². The van der Waals surface area contributed by atoms with E-state index in [1.807, 2.05) is 6.07 Å². The normalized spacial score (nSPS) is 10.3. The molecule has 4 heteroatoms. The van der Waals surface area contributed by atoms with Crippen LogP contribution in [0, 0.1) is 19.3 Å². The topological polar surface area (TPSA) is 59.1 Å². The second-order valence-electron chi connectivity index (χ2n) is 4.71. The lowest BCUT2D eigenvalue weighted by molar-refractivity contribution is 0.304. The molecule has 104 valence electrons. The summed E-state index contributed by atoms with van der Waals surface area (Å²) in [6.07, 6.45) is 0. The number of benzene rings is 2. The second-order valence-corrected chi connectivity index (χ2v) is 5.12. The van der Waals surface area contributed by atoms with E-state index in [0.717, 1.165) is 0 Å². The van der Waals surface area contributed by atoms with Crippen molar-refractivity contribution in [2.45, 2.75) is 20.5 Å². The largest absolute Gasteiger partial charge is 0.489 e. The molecule has 3 nitrogen and oxygen atoms in total. The van der Waals surface area contributed by atoms with Crippen molar-refractivity contribution >= 4 is 17.4 Å². The van der Waals surface area contributed by atoms with E-state index < -0.39 is 0 Å². The summed E-state index contributed by atoms with van der Waals surface area (Å²) in [7, 11) is 0. The van der Waals surface area contributed by atoms with Crippen molar-refractivity contribution < 1.29 is 4.74 Å². The SMILES string of the molecule is Cc1cccc(C)c1COc1ccc(C(=N)N)c(Cl)c1. The summed E-state index contributed by atoms with van der Waals surface area (Å²) in [6.45, 7) is 4.63. The number of halogens is 1. The number of nitrogens with two attached hydrogens (primary N) is 1. The predicted molar refractivity (Wildman–Crippen MR) is 82.7 cm³/mol. The van der Waals surface area contributed by atoms with Crippen molar-refractivity contribution in [1.29, 1.82) is 5.41 Å². The van der Waals surface area contributed by atoms with Gasteiger partial charge in [0.05, 0.1) is 5.02 Å². The molecule has 0 atom stereocenters. The molecule has 2 rings (SSSR count). The zero-order valence-corrected chi connectivity index (χ0v) is 12.3. The van der Waals surface area contributed by atoms with E-state index in [4.69, 9.17) is 27.5 Å². The van der Waals surface area contributed by atoms with Crippen LogP contribution in [0.2, 0.25) is 5.02 Å². The zero-order chi connectivity index (χ0) is 14.7. The van der Waals surface area contributed by atoms with Gasteiger partial charge in [0.15, 0.2) is 0 Å². The van der Waals surface area contributed by atoms with Gasteiger partial charge in [0, 0.05) is 5.56 Å². The highest BCUT2D eigenvalue weighted by molar-refractivity contribution is 6.34. The number of hydrogen-bond donors (Lipinski definition) is 2. The van der Waals surface area contributed by atoms with Crippen LogP contribution in [0.5, 0.6) is 5.75 Å². The maximum atomic E-state index is 7.39. The van der Waals surface area contributed by atoms with Crippen molar-refractivity contribution in [2.75, 3.05) is 0 Å². The molecule has 0 heterocycles. The lowest BCUT2D eigenvalue weighted by Crippen LogP contribution is -2.11. The van der Waals surface area contributed by atoms with Crippen LogP contribution in [0.4, 0.5) is 0 Å². The van der Waals surface area contributed by atoms with E-state index >= 15 is 0 Å². The quantitative estimate of drug-likeness (QED) is 0.664. The summed E-state index contributed by atoms with van der Waals surface area (Å²) >= 11 is 6.07. The fourth-order valence-electron chi connectivity index (χ4n) is 2.04. The summed E-state index contributed by atoms with van der Waals surface area (Å²) in [5, 5.41) is 7.82. The highest BCUT2D eigenvalue weighted by atomic mass is 35.5. The molecular weight excluding hydrogens is 272 g/mol. The number of hydrogen-bond acceptors (Lipinski definition) is 2. The molecule has 0 aliphatic heterocycles. The molecule has 0 aliphatic rings. The van der Waals surface area contributed by atoms with E-state index in [1.54, 1.807) is 18.2 Å². The molecule has 0 radical (unpaired) electrons. The van der Waals surface area contributed by atoms with E-state index in [1.165, 1.54) is 16.7 Å². The summed E-state index contributed by atoms with van der Waals surface area (Å²) in [5.74, 6) is 0.624. The molecular formula is C16H17ClN2O. The Hall–Kier alpha value is -2.00. The van der Waals surface area contributed by atoms with Crippen LogP contribution in [0.25, 0.3) is 0 Å². The van der Waals surface area contributed by atoms with Gasteiger partial charge in [-0.2, -0.15) is 0 Å². The first-order chi connectivity index (χ1) is 9.49. The lowest BCUT2D eigenvalue weighted by Gasteiger charge is -2.12. The molecule has 0 amide bonds. The summed E-state index contributed by atoms with van der Waals surface area (Å²) in [4.78, 5) is 0. The third kappa shape index (κ3) is 3.11. The molecule has 0 spiro atoms. The monoisotopic (exact) mass is 288 g/mol. The number of ether oxygens (including phenoxy) is 1. The third-order valence-electron chi connectivity index (χ3n) is 3.26. The maximum absolute atomic E-state index is 7.39. The Kier molecular flexibility index (Phi) is 4.30. The van der Waals surface area contributed by atoms with E-state index in [9.17, 15) is 0 Å². The van der Waals surface area contributed by atoms with Crippen molar-refractivity contribution in [3.63, 3.8) is 0 Å². The van der Waals surface area contributed by atoms with Crippen molar-refractivity contribution in [2.24, 2.45) is 5.73 Å². The summed E-state index contributed by atoms with van der Waals surface area (Å²) in [5.41, 5.74) is 9.54. The van der Waals surface area contributed by atoms with Crippen LogP contribution in [-0.2, 0) is 6.61 Å². The molecule has 2 aromatic carbocycles. The van der Waals surface area contributed by atoms with Gasteiger partial charge in [-0.1, -0.05) is 29.8 Å². The Morgan fingerprint density at radius 1 is 1.20 bits per heavy atom. The first-order valence-electron chi connectivity index (χ1n) is 6.31. The standard InChI is InChI=1S/C16H17ClN2O/c1-10-4-3-5-11(2)14(10)9-20-12-6-7-13(16(18)19)15(17)8-12/h3-8H,9H2,1-2H3,(H3,18,19). The van der Waals surface area contributed by atoms with Crippen LogP contribution in [0.3, 0.4) is 0 Å². The third-order valence-corrected chi connectivity index (χ3v) is 3.57. The number of aryl methyl sites for hydroxylation is 2. The molecule has 2 aromatic rings. The van der Waals surface area contributed by atoms with Crippen LogP contribution in [0.15, 0.2) is 36.4 Å². The first-order valence-corrected chi connectivity index (χ1v) is 6.68. The van der Waals surface area contributed by atoms with Crippen LogP contribution in [-0.4, -0.2) is 5.84 Å². The Morgan fingerprint density at radius 2 is 1.85 bits per heavy atom. The Balaban J connectivity index is 2.16. The van der Waals surface area contributed by atoms with Gasteiger partial charge in [0.1, 0.15) is 18.2 Å². The molecule has 0 aromatic heterocycles. The number of amidine groups is 1. The smallest absolute Gasteiger partial charge is 0.124 e. The average molecular weight is 289 g/mol. The molecule has 0 saturated heterocycles. The maximum Gasteiger partial charge on any atom is 0.124 e. The van der Waals surface area contributed by atoms with E-state index in [-0.39, 0.29) is 5.84 Å². The minimum atomic E-state index is -0.0451. The van der Waals surface area contributed by atoms with Gasteiger partial charge in [-0.25, -0.2) is 0 Å². The minimum absolute atomic E-state index is 0.0451. The molecule has 0 saturated carbocycles. The average Bonchev–Trinajstić information content (AvgIpc) is 2.37. The fourth-order valence-corrected chi connectivity index (χ4v) is 2.31. The predicted octanol–water partition coefficient (Wildman–Crippen LogP) is 3.82. The van der Waals surface area contributed by atoms with Crippen molar-refractivity contribution in [1.82, 2.24) is 0 Å². The Morgan fingerprint density at radius 3 is 2.40 bits per heavy atom. The van der Waals surface area contributed by atoms with Gasteiger partial charge in [0.2, 0.25) is 0 Å². The number of nitrogen functional groups attached to an aromatic ring is 1. The summed E-state index contributed by atoms with van der Waals surface area (Å²) in [6, 6.07) is 11.3. The van der Waals surface area contributed by atoms with Gasteiger partial charge in [-0.15, -0.1) is 0 Å². The lowest BCUT2D eigenvalue weighted by atomic mass is 10.0. The molecule has 0 aliphatic carbocycles. The fraction of sp³-hybridized carbons (Fsp3) is 0.188. The highest BCUT2D eigenvalue weighted by Gasteiger charge is 2.07. The molecule has 0 unspecified atom stereocenters. The minimum Gasteiger partial charge on any atom is -0.489 e. The second kappa shape index (κ2) is 5.97. The van der Waals surface area contributed by atoms with E-state index in [2.05, 4.69) is 26.0 Å². The molecule has 0 fully saturated rings. The van der Waals surface area contributed by atoms with Crippen LogP contribution >= 0.6 is 11.6 Å². The molecule has 0 bridgehead atoms. The van der Waals surface area contributed by atoms with E-state index in [0.29, 0.717) is 22.9 Å². The van der Waals surface area contributed by atoms with Gasteiger partial charge in [0.25, 0.3) is 0 Å².